The smallest absolute Gasteiger partial charge is 0.381 e. The van der Waals surface area contributed by atoms with E-state index < -0.39 is 12.6 Å². The van der Waals surface area contributed by atoms with E-state index in [0.717, 1.165) is 25.9 Å². The van der Waals surface area contributed by atoms with E-state index in [1.54, 1.807) is 0 Å². The highest BCUT2D eigenvalue weighted by Gasteiger charge is 2.26. The molecule has 14 heavy (non-hydrogen) atoms. The van der Waals surface area contributed by atoms with Crippen LogP contribution in [0.3, 0.4) is 0 Å². The van der Waals surface area contributed by atoms with Gasteiger partial charge in [-0.25, -0.2) is 0 Å². The summed E-state index contributed by atoms with van der Waals surface area (Å²) >= 11 is 0. The lowest BCUT2D eigenvalue weighted by atomic mass is 10.1. The third kappa shape index (κ3) is 5.44. The Morgan fingerprint density at radius 3 is 2.71 bits per heavy atom. The summed E-state index contributed by atoms with van der Waals surface area (Å²) < 4.78 is 40.7. The van der Waals surface area contributed by atoms with Crippen LogP contribution in [0.4, 0.5) is 13.2 Å². The van der Waals surface area contributed by atoms with Gasteiger partial charge in [-0.05, 0) is 19.3 Å². The molecule has 0 spiro atoms. The summed E-state index contributed by atoms with van der Waals surface area (Å²) in [6.07, 6.45) is -2.13. The SMILES string of the molecule is FC(F)(F)CCNC1CCCOCC1. The lowest BCUT2D eigenvalue weighted by Gasteiger charge is -2.16. The summed E-state index contributed by atoms with van der Waals surface area (Å²) in [4.78, 5) is 0. The highest BCUT2D eigenvalue weighted by molar-refractivity contribution is 4.69. The standard InChI is InChI=1S/C9H16F3NO/c10-9(11,12)4-5-13-8-2-1-6-14-7-3-8/h8,13H,1-7H2. The quantitative estimate of drug-likeness (QED) is 0.771. The Morgan fingerprint density at radius 1 is 1.21 bits per heavy atom. The van der Waals surface area contributed by atoms with Gasteiger partial charge >= 0.3 is 6.18 Å². The Morgan fingerprint density at radius 2 is 2.00 bits per heavy atom. The molecular weight excluding hydrogens is 195 g/mol. The molecule has 0 aliphatic carbocycles. The number of halogens is 3. The second-order valence-electron chi connectivity index (χ2n) is 3.56. The molecule has 0 saturated carbocycles. The zero-order valence-electron chi connectivity index (χ0n) is 8.07. The normalized spacial score (nSPS) is 24.6. The zero-order valence-corrected chi connectivity index (χ0v) is 8.07. The van der Waals surface area contributed by atoms with E-state index >= 15 is 0 Å². The minimum Gasteiger partial charge on any atom is -0.381 e. The monoisotopic (exact) mass is 211 g/mol. The first kappa shape index (κ1) is 11.8. The molecule has 1 heterocycles. The van der Waals surface area contributed by atoms with Crippen molar-refractivity contribution in [2.24, 2.45) is 0 Å². The lowest BCUT2D eigenvalue weighted by Crippen LogP contribution is -2.32. The Hall–Kier alpha value is -0.290. The minimum absolute atomic E-state index is 0.0220. The molecule has 5 heteroatoms. The maximum atomic E-state index is 11.8. The molecule has 0 aromatic rings. The second-order valence-corrected chi connectivity index (χ2v) is 3.56. The van der Waals surface area contributed by atoms with E-state index in [0.29, 0.717) is 6.61 Å². The Kier molecular flexibility index (Phi) is 4.68. The molecule has 1 N–H and O–H groups in total. The number of hydrogen-bond acceptors (Lipinski definition) is 2. The van der Waals surface area contributed by atoms with Gasteiger partial charge in [0.2, 0.25) is 0 Å². The molecule has 1 rings (SSSR count). The van der Waals surface area contributed by atoms with Crippen LogP contribution >= 0.6 is 0 Å². The molecule has 1 fully saturated rings. The van der Waals surface area contributed by atoms with Gasteiger partial charge in [-0.15, -0.1) is 0 Å². The molecule has 1 atom stereocenters. The molecule has 84 valence electrons. The fraction of sp³-hybridized carbons (Fsp3) is 1.00. The molecule has 2 nitrogen and oxygen atoms in total. The first-order chi connectivity index (χ1) is 6.58. The number of nitrogens with one attached hydrogen (secondary N) is 1. The molecule has 1 aliphatic rings. The van der Waals surface area contributed by atoms with Crippen molar-refractivity contribution >= 4 is 0 Å². The van der Waals surface area contributed by atoms with E-state index in [1.807, 2.05) is 0 Å². The zero-order chi connectivity index (χ0) is 10.4. The maximum absolute atomic E-state index is 11.8. The van der Waals surface area contributed by atoms with Crippen LogP contribution in [0.25, 0.3) is 0 Å². The van der Waals surface area contributed by atoms with Crippen LogP contribution in [-0.2, 0) is 4.74 Å². The first-order valence-electron chi connectivity index (χ1n) is 4.96. The van der Waals surface area contributed by atoms with Gasteiger partial charge in [-0.3, -0.25) is 0 Å². The van der Waals surface area contributed by atoms with Gasteiger partial charge in [0.15, 0.2) is 0 Å². The van der Waals surface area contributed by atoms with Crippen LogP contribution < -0.4 is 5.32 Å². The van der Waals surface area contributed by atoms with E-state index in [1.165, 1.54) is 0 Å². The van der Waals surface area contributed by atoms with E-state index in [2.05, 4.69) is 5.32 Å². The molecule has 1 saturated heterocycles. The molecular formula is C9H16F3NO. The number of alkyl halides is 3. The summed E-state index contributed by atoms with van der Waals surface area (Å²) in [5, 5.41) is 2.92. The first-order valence-corrected chi connectivity index (χ1v) is 4.96. The molecule has 1 aliphatic heterocycles. The summed E-state index contributed by atoms with van der Waals surface area (Å²) in [6.45, 7) is 1.41. The summed E-state index contributed by atoms with van der Waals surface area (Å²) in [5.74, 6) is 0. The van der Waals surface area contributed by atoms with Crippen molar-refractivity contribution in [3.63, 3.8) is 0 Å². The largest absolute Gasteiger partial charge is 0.390 e. The average Bonchev–Trinajstić information content (AvgIpc) is 2.30. The Labute approximate surface area is 81.8 Å². The maximum Gasteiger partial charge on any atom is 0.390 e. The van der Waals surface area contributed by atoms with Crippen LogP contribution in [-0.4, -0.2) is 32.0 Å². The van der Waals surface area contributed by atoms with E-state index in [9.17, 15) is 13.2 Å². The van der Waals surface area contributed by atoms with E-state index in [4.69, 9.17) is 4.74 Å². The summed E-state index contributed by atoms with van der Waals surface area (Å²) in [5.41, 5.74) is 0. The van der Waals surface area contributed by atoms with E-state index in [-0.39, 0.29) is 12.6 Å². The van der Waals surface area contributed by atoms with Gasteiger partial charge in [0.05, 0.1) is 6.42 Å². The van der Waals surface area contributed by atoms with Gasteiger partial charge in [-0.2, -0.15) is 13.2 Å². The van der Waals surface area contributed by atoms with Crippen molar-refractivity contribution in [3.05, 3.63) is 0 Å². The molecule has 0 bridgehead atoms. The van der Waals surface area contributed by atoms with Crippen molar-refractivity contribution in [2.75, 3.05) is 19.8 Å². The average molecular weight is 211 g/mol. The predicted molar refractivity (Wildman–Crippen MR) is 47.1 cm³/mol. The van der Waals surface area contributed by atoms with Gasteiger partial charge < -0.3 is 10.1 Å². The fourth-order valence-corrected chi connectivity index (χ4v) is 1.53. The van der Waals surface area contributed by atoms with Crippen molar-refractivity contribution in [1.29, 1.82) is 0 Å². The molecule has 0 radical (unpaired) electrons. The minimum atomic E-state index is -4.05. The third-order valence-corrected chi connectivity index (χ3v) is 2.29. The topological polar surface area (TPSA) is 21.3 Å². The number of ether oxygens (including phenoxy) is 1. The van der Waals surface area contributed by atoms with Crippen molar-refractivity contribution in [3.8, 4) is 0 Å². The van der Waals surface area contributed by atoms with Gasteiger partial charge in [0, 0.05) is 25.8 Å². The van der Waals surface area contributed by atoms with Crippen LogP contribution in [0.2, 0.25) is 0 Å². The van der Waals surface area contributed by atoms with Crippen LogP contribution in [0, 0.1) is 0 Å². The summed E-state index contributed by atoms with van der Waals surface area (Å²) in [7, 11) is 0. The highest BCUT2D eigenvalue weighted by atomic mass is 19.4. The second kappa shape index (κ2) is 5.56. The van der Waals surface area contributed by atoms with Gasteiger partial charge in [0.25, 0.3) is 0 Å². The molecule has 1 unspecified atom stereocenters. The Bertz CT molecular complexity index is 153. The highest BCUT2D eigenvalue weighted by Crippen LogP contribution is 2.18. The third-order valence-electron chi connectivity index (χ3n) is 2.29. The predicted octanol–water partition coefficient (Wildman–Crippen LogP) is 2.10. The molecule has 0 amide bonds. The van der Waals surface area contributed by atoms with Gasteiger partial charge in [0.1, 0.15) is 0 Å². The number of rotatable bonds is 3. The van der Waals surface area contributed by atoms with Crippen LogP contribution in [0.15, 0.2) is 0 Å². The number of hydrogen-bond donors (Lipinski definition) is 1. The molecule has 0 aromatic heterocycles. The van der Waals surface area contributed by atoms with Crippen molar-refractivity contribution < 1.29 is 17.9 Å². The Balaban J connectivity index is 2.10. The van der Waals surface area contributed by atoms with Crippen molar-refractivity contribution in [1.82, 2.24) is 5.32 Å². The fourth-order valence-electron chi connectivity index (χ4n) is 1.53. The molecule has 0 aromatic carbocycles. The van der Waals surface area contributed by atoms with Crippen LogP contribution in [0.1, 0.15) is 25.7 Å². The van der Waals surface area contributed by atoms with Crippen molar-refractivity contribution in [2.45, 2.75) is 37.9 Å². The van der Waals surface area contributed by atoms with Gasteiger partial charge in [-0.1, -0.05) is 0 Å². The summed E-state index contributed by atoms with van der Waals surface area (Å²) in [6, 6.07) is 0.194. The van der Waals surface area contributed by atoms with Crippen LogP contribution in [0.5, 0.6) is 0 Å². The lowest BCUT2D eigenvalue weighted by molar-refractivity contribution is -0.133.